The highest BCUT2D eigenvalue weighted by Crippen LogP contribution is 2.16. The highest BCUT2D eigenvalue weighted by molar-refractivity contribution is 5.91. The van der Waals surface area contributed by atoms with Gasteiger partial charge in [0.1, 0.15) is 11.6 Å². The van der Waals surface area contributed by atoms with Crippen molar-refractivity contribution in [3.63, 3.8) is 0 Å². The topological polar surface area (TPSA) is 67.8 Å². The van der Waals surface area contributed by atoms with Gasteiger partial charge >= 0.3 is 5.97 Å². The van der Waals surface area contributed by atoms with Crippen LogP contribution in [0.5, 0.6) is 5.75 Å². The lowest BCUT2D eigenvalue weighted by atomic mass is 10.0. The van der Waals surface area contributed by atoms with Crippen LogP contribution in [0.15, 0.2) is 53.6 Å². The summed E-state index contributed by atoms with van der Waals surface area (Å²) in [5, 5.41) is 3.99. The van der Waals surface area contributed by atoms with E-state index in [2.05, 4.69) is 17.5 Å². The fraction of sp³-hybridized carbons (Fsp3) is 0.500. The summed E-state index contributed by atoms with van der Waals surface area (Å²) in [6.45, 7) is 2.25. The fourth-order valence-corrected chi connectivity index (χ4v) is 3.95. The summed E-state index contributed by atoms with van der Waals surface area (Å²) >= 11 is 0. The predicted octanol–water partition coefficient (Wildman–Crippen LogP) is 7.98. The van der Waals surface area contributed by atoms with Gasteiger partial charge in [-0.3, -0.25) is 4.79 Å². The maximum absolute atomic E-state index is 13.7. The fourth-order valence-electron chi connectivity index (χ4n) is 3.95. The van der Waals surface area contributed by atoms with Crippen molar-refractivity contribution >= 4 is 18.1 Å². The van der Waals surface area contributed by atoms with E-state index in [1.54, 1.807) is 30.3 Å². The summed E-state index contributed by atoms with van der Waals surface area (Å²) in [7, 11) is 0. The molecule has 0 spiro atoms. The average molecular weight is 497 g/mol. The van der Waals surface area contributed by atoms with E-state index < -0.39 is 11.8 Å². The monoisotopic (exact) mass is 496 g/mol. The Balaban J connectivity index is 1.51. The van der Waals surface area contributed by atoms with Crippen molar-refractivity contribution in [2.75, 3.05) is 0 Å². The van der Waals surface area contributed by atoms with E-state index in [-0.39, 0.29) is 11.5 Å². The molecule has 0 aliphatic rings. The predicted molar refractivity (Wildman–Crippen MR) is 144 cm³/mol. The van der Waals surface area contributed by atoms with Gasteiger partial charge in [-0.05, 0) is 48.4 Å². The third-order valence-corrected chi connectivity index (χ3v) is 6.09. The first-order valence-electron chi connectivity index (χ1n) is 13.5. The van der Waals surface area contributed by atoms with Crippen LogP contribution >= 0.6 is 0 Å². The number of carbonyl (C=O) groups is 2. The molecule has 0 radical (unpaired) electrons. The van der Waals surface area contributed by atoms with Gasteiger partial charge in [0.05, 0.1) is 11.8 Å². The van der Waals surface area contributed by atoms with E-state index in [1.165, 1.54) is 95.0 Å². The number of nitrogens with zero attached hydrogens (tertiary/aromatic N) is 1. The number of hydrogen-bond donors (Lipinski definition) is 1. The molecule has 2 rings (SSSR count). The van der Waals surface area contributed by atoms with Crippen molar-refractivity contribution in [2.45, 2.75) is 96.8 Å². The SMILES string of the molecule is CCCCCCCCCCCCCCCC(=O)NN=Cc1ccc(OC(=O)c2ccccc2F)cc1. The Kier molecular flexibility index (Phi) is 14.8. The standard InChI is InChI=1S/C30H41FN2O3/c1-2-3-4-5-6-7-8-9-10-11-12-13-14-19-29(34)33-32-24-25-20-22-26(23-21-25)36-30(35)27-17-15-16-18-28(27)31/h15-18,20-24H,2-14,19H2,1H3,(H,33,34). The molecule has 196 valence electrons. The van der Waals surface area contributed by atoms with Crippen molar-refractivity contribution in [1.29, 1.82) is 0 Å². The molecule has 0 aromatic heterocycles. The highest BCUT2D eigenvalue weighted by atomic mass is 19.1. The van der Waals surface area contributed by atoms with Crippen LogP contribution in [0.3, 0.4) is 0 Å². The van der Waals surface area contributed by atoms with Gasteiger partial charge in [0.25, 0.3) is 0 Å². The molecule has 0 unspecified atom stereocenters. The van der Waals surface area contributed by atoms with Gasteiger partial charge in [0.15, 0.2) is 0 Å². The van der Waals surface area contributed by atoms with Crippen LogP contribution in [0.2, 0.25) is 0 Å². The number of halogens is 1. The summed E-state index contributed by atoms with van der Waals surface area (Å²) in [5.41, 5.74) is 3.17. The maximum Gasteiger partial charge on any atom is 0.346 e. The molecule has 5 nitrogen and oxygen atoms in total. The molecule has 0 saturated heterocycles. The van der Waals surface area contributed by atoms with E-state index in [0.29, 0.717) is 12.2 Å². The van der Waals surface area contributed by atoms with Crippen LogP contribution in [-0.4, -0.2) is 18.1 Å². The van der Waals surface area contributed by atoms with Gasteiger partial charge < -0.3 is 4.74 Å². The van der Waals surface area contributed by atoms with E-state index in [4.69, 9.17) is 4.74 Å². The summed E-state index contributed by atoms with van der Waals surface area (Å²) in [4.78, 5) is 24.0. The van der Waals surface area contributed by atoms with Crippen molar-refractivity contribution < 1.29 is 18.7 Å². The Hall–Kier alpha value is -3.02. The number of amides is 1. The molecule has 0 saturated carbocycles. The van der Waals surface area contributed by atoms with Crippen molar-refractivity contribution in [3.8, 4) is 5.75 Å². The lowest BCUT2D eigenvalue weighted by molar-refractivity contribution is -0.121. The zero-order chi connectivity index (χ0) is 25.8. The third-order valence-electron chi connectivity index (χ3n) is 6.09. The van der Waals surface area contributed by atoms with Gasteiger partial charge in [0.2, 0.25) is 5.91 Å². The first kappa shape index (κ1) is 29.2. The second kappa shape index (κ2) is 18.3. The molecule has 0 heterocycles. The smallest absolute Gasteiger partial charge is 0.346 e. The quantitative estimate of drug-likeness (QED) is 0.0748. The zero-order valence-corrected chi connectivity index (χ0v) is 21.6. The number of hydrazone groups is 1. The summed E-state index contributed by atoms with van der Waals surface area (Å²) in [5.74, 6) is -1.17. The van der Waals surface area contributed by atoms with Crippen LogP contribution in [-0.2, 0) is 4.79 Å². The van der Waals surface area contributed by atoms with Gasteiger partial charge in [-0.25, -0.2) is 14.6 Å². The van der Waals surface area contributed by atoms with Gasteiger partial charge in [-0.15, -0.1) is 0 Å². The first-order chi connectivity index (χ1) is 17.6. The normalized spacial score (nSPS) is 11.1. The van der Waals surface area contributed by atoms with E-state index in [1.807, 2.05) is 0 Å². The second-order valence-corrected chi connectivity index (χ2v) is 9.22. The Labute approximate surface area is 215 Å². The highest BCUT2D eigenvalue weighted by Gasteiger charge is 2.13. The number of hydrogen-bond acceptors (Lipinski definition) is 4. The molecule has 36 heavy (non-hydrogen) atoms. The van der Waals surface area contributed by atoms with Crippen LogP contribution in [0.25, 0.3) is 0 Å². The molecule has 2 aromatic rings. The van der Waals surface area contributed by atoms with Gasteiger partial charge in [0, 0.05) is 6.42 Å². The largest absolute Gasteiger partial charge is 0.423 e. The number of rotatable bonds is 18. The Morgan fingerprint density at radius 3 is 1.94 bits per heavy atom. The molecule has 0 atom stereocenters. The zero-order valence-electron chi connectivity index (χ0n) is 21.6. The Morgan fingerprint density at radius 1 is 0.806 bits per heavy atom. The van der Waals surface area contributed by atoms with Crippen molar-refractivity contribution in [3.05, 3.63) is 65.5 Å². The number of carbonyl (C=O) groups excluding carboxylic acids is 2. The molecule has 2 aromatic carbocycles. The Morgan fingerprint density at radius 2 is 1.36 bits per heavy atom. The van der Waals surface area contributed by atoms with Crippen LogP contribution < -0.4 is 10.2 Å². The summed E-state index contributed by atoms with van der Waals surface area (Å²) in [6.07, 6.45) is 18.6. The number of esters is 1. The van der Waals surface area contributed by atoms with Crippen LogP contribution in [0, 0.1) is 5.82 Å². The molecule has 0 aliphatic heterocycles. The number of nitrogens with one attached hydrogen (secondary N) is 1. The molecule has 6 heteroatoms. The average Bonchev–Trinajstić information content (AvgIpc) is 2.88. The molecule has 0 fully saturated rings. The third kappa shape index (κ3) is 12.6. The molecule has 0 aliphatic carbocycles. The molecule has 1 amide bonds. The lowest BCUT2D eigenvalue weighted by Crippen LogP contribution is -2.16. The van der Waals surface area contributed by atoms with E-state index in [0.717, 1.165) is 18.4 Å². The van der Waals surface area contributed by atoms with E-state index >= 15 is 0 Å². The van der Waals surface area contributed by atoms with Crippen molar-refractivity contribution in [2.24, 2.45) is 5.10 Å². The van der Waals surface area contributed by atoms with Crippen molar-refractivity contribution in [1.82, 2.24) is 5.43 Å². The number of unbranched alkanes of at least 4 members (excludes halogenated alkanes) is 12. The molecule has 1 N–H and O–H groups in total. The minimum Gasteiger partial charge on any atom is -0.423 e. The van der Waals surface area contributed by atoms with E-state index in [9.17, 15) is 14.0 Å². The van der Waals surface area contributed by atoms with Crippen LogP contribution in [0.1, 0.15) is 113 Å². The van der Waals surface area contributed by atoms with Crippen LogP contribution in [0.4, 0.5) is 4.39 Å². The van der Waals surface area contributed by atoms with Gasteiger partial charge in [-0.2, -0.15) is 5.10 Å². The molecule has 0 bridgehead atoms. The lowest BCUT2D eigenvalue weighted by Gasteiger charge is -2.05. The number of ether oxygens (including phenoxy) is 1. The Bertz CT molecular complexity index is 928. The molecular formula is C30H41FN2O3. The molecular weight excluding hydrogens is 455 g/mol. The van der Waals surface area contributed by atoms with Gasteiger partial charge in [-0.1, -0.05) is 96.1 Å². The summed E-state index contributed by atoms with van der Waals surface area (Å²) in [6, 6.07) is 12.3. The minimum absolute atomic E-state index is 0.0928. The summed E-state index contributed by atoms with van der Waals surface area (Å²) < 4.78 is 18.9. The maximum atomic E-state index is 13.7. The number of benzene rings is 2. The minimum atomic E-state index is -0.755. The second-order valence-electron chi connectivity index (χ2n) is 9.22. The first-order valence-corrected chi connectivity index (χ1v) is 13.5.